The van der Waals surface area contributed by atoms with Crippen LogP contribution in [0.1, 0.15) is 5.56 Å². The highest BCUT2D eigenvalue weighted by molar-refractivity contribution is 5.46. The zero-order chi connectivity index (χ0) is 14.4. The number of halogens is 2. The Morgan fingerprint density at radius 1 is 1.10 bits per heavy atom. The SMILES string of the molecule is N#CCOc1cccc(CNc2c(F)cccc2F)c1. The van der Waals surface area contributed by atoms with Crippen LogP contribution in [0.25, 0.3) is 0 Å². The Morgan fingerprint density at radius 3 is 2.50 bits per heavy atom. The minimum absolute atomic E-state index is 0.0428. The quantitative estimate of drug-likeness (QED) is 0.907. The van der Waals surface area contributed by atoms with Gasteiger partial charge in [0.05, 0.1) is 0 Å². The van der Waals surface area contributed by atoms with Gasteiger partial charge in [-0.05, 0) is 29.8 Å². The lowest BCUT2D eigenvalue weighted by atomic mass is 10.2. The number of ether oxygens (including phenoxy) is 1. The third kappa shape index (κ3) is 3.45. The summed E-state index contributed by atoms with van der Waals surface area (Å²) in [5.41, 5.74) is 0.638. The molecular weight excluding hydrogens is 262 g/mol. The van der Waals surface area contributed by atoms with Crippen molar-refractivity contribution in [3.63, 3.8) is 0 Å². The van der Waals surface area contributed by atoms with Gasteiger partial charge in [-0.3, -0.25) is 0 Å². The second-order valence-electron chi connectivity index (χ2n) is 4.04. The van der Waals surface area contributed by atoms with E-state index in [0.29, 0.717) is 5.75 Å². The number of para-hydroxylation sites is 1. The van der Waals surface area contributed by atoms with E-state index in [4.69, 9.17) is 10.00 Å². The van der Waals surface area contributed by atoms with Gasteiger partial charge in [-0.2, -0.15) is 5.26 Å². The van der Waals surface area contributed by atoms with Gasteiger partial charge in [-0.25, -0.2) is 8.78 Å². The minimum atomic E-state index is -0.637. The van der Waals surface area contributed by atoms with E-state index >= 15 is 0 Å². The molecule has 0 aromatic heterocycles. The van der Waals surface area contributed by atoms with E-state index in [1.54, 1.807) is 24.3 Å². The van der Waals surface area contributed by atoms with Crippen LogP contribution in [0.5, 0.6) is 5.75 Å². The van der Waals surface area contributed by atoms with Crippen molar-refractivity contribution in [1.82, 2.24) is 0 Å². The summed E-state index contributed by atoms with van der Waals surface area (Å²) in [6.07, 6.45) is 0. The number of nitriles is 1. The molecule has 0 bridgehead atoms. The summed E-state index contributed by atoms with van der Waals surface area (Å²) in [7, 11) is 0. The van der Waals surface area contributed by atoms with Gasteiger partial charge < -0.3 is 10.1 Å². The van der Waals surface area contributed by atoms with Crippen molar-refractivity contribution in [2.24, 2.45) is 0 Å². The highest BCUT2D eigenvalue weighted by atomic mass is 19.1. The first-order chi connectivity index (χ1) is 9.70. The fourth-order valence-corrected chi connectivity index (χ4v) is 1.72. The lowest BCUT2D eigenvalue weighted by Crippen LogP contribution is -2.04. The maximum Gasteiger partial charge on any atom is 0.174 e. The lowest BCUT2D eigenvalue weighted by Gasteiger charge is -2.09. The molecule has 0 saturated carbocycles. The highest BCUT2D eigenvalue weighted by Crippen LogP contribution is 2.20. The van der Waals surface area contributed by atoms with Crippen LogP contribution in [0.3, 0.4) is 0 Å². The molecule has 2 aromatic carbocycles. The molecule has 0 aliphatic carbocycles. The summed E-state index contributed by atoms with van der Waals surface area (Å²) < 4.78 is 32.0. The third-order valence-corrected chi connectivity index (χ3v) is 2.63. The second-order valence-corrected chi connectivity index (χ2v) is 4.04. The van der Waals surface area contributed by atoms with Crippen LogP contribution in [0.4, 0.5) is 14.5 Å². The smallest absolute Gasteiger partial charge is 0.174 e. The van der Waals surface area contributed by atoms with Gasteiger partial charge in [0.1, 0.15) is 29.1 Å². The molecule has 3 nitrogen and oxygen atoms in total. The van der Waals surface area contributed by atoms with Crippen LogP contribution in [0.2, 0.25) is 0 Å². The number of rotatable bonds is 5. The van der Waals surface area contributed by atoms with Crippen molar-refractivity contribution in [3.8, 4) is 11.8 Å². The molecule has 2 rings (SSSR count). The molecule has 0 atom stereocenters. The molecule has 20 heavy (non-hydrogen) atoms. The lowest BCUT2D eigenvalue weighted by molar-refractivity contribution is 0.368. The van der Waals surface area contributed by atoms with Gasteiger partial charge in [-0.15, -0.1) is 0 Å². The largest absolute Gasteiger partial charge is 0.479 e. The van der Waals surface area contributed by atoms with Gasteiger partial charge in [0.15, 0.2) is 6.61 Å². The summed E-state index contributed by atoms with van der Waals surface area (Å²) >= 11 is 0. The molecule has 0 spiro atoms. The van der Waals surface area contributed by atoms with Crippen molar-refractivity contribution in [2.45, 2.75) is 6.54 Å². The first-order valence-electron chi connectivity index (χ1n) is 5.97. The molecular formula is C15H12F2N2O. The van der Waals surface area contributed by atoms with Crippen molar-refractivity contribution in [2.75, 3.05) is 11.9 Å². The van der Waals surface area contributed by atoms with E-state index in [0.717, 1.165) is 5.56 Å². The molecule has 0 amide bonds. The average molecular weight is 274 g/mol. The fraction of sp³-hybridized carbons (Fsp3) is 0.133. The Morgan fingerprint density at radius 2 is 1.80 bits per heavy atom. The predicted octanol–water partition coefficient (Wildman–Crippen LogP) is 3.48. The maximum atomic E-state index is 13.4. The van der Waals surface area contributed by atoms with Gasteiger partial charge in [0.2, 0.25) is 0 Å². The van der Waals surface area contributed by atoms with Crippen LogP contribution < -0.4 is 10.1 Å². The number of hydrogen-bond donors (Lipinski definition) is 1. The average Bonchev–Trinajstić information content (AvgIpc) is 2.45. The van der Waals surface area contributed by atoms with Crippen molar-refractivity contribution in [3.05, 3.63) is 59.7 Å². The van der Waals surface area contributed by atoms with Gasteiger partial charge in [0, 0.05) is 6.54 Å². The topological polar surface area (TPSA) is 45.0 Å². The Labute approximate surface area is 115 Å². The number of nitrogens with zero attached hydrogens (tertiary/aromatic N) is 1. The molecule has 2 aromatic rings. The van der Waals surface area contributed by atoms with Crippen LogP contribution >= 0.6 is 0 Å². The second kappa shape index (κ2) is 6.53. The van der Waals surface area contributed by atoms with E-state index < -0.39 is 11.6 Å². The number of hydrogen-bond acceptors (Lipinski definition) is 3. The molecule has 0 unspecified atom stereocenters. The Hall–Kier alpha value is -2.61. The normalized spacial score (nSPS) is 9.85. The standard InChI is InChI=1S/C15H12F2N2O/c16-13-5-2-6-14(17)15(13)19-10-11-3-1-4-12(9-11)20-8-7-18/h1-6,9,19H,8,10H2. The molecule has 0 fully saturated rings. The number of nitrogens with one attached hydrogen (secondary N) is 1. The van der Waals surface area contributed by atoms with Crippen molar-refractivity contribution < 1.29 is 13.5 Å². The third-order valence-electron chi connectivity index (χ3n) is 2.63. The highest BCUT2D eigenvalue weighted by Gasteiger charge is 2.07. The van der Waals surface area contributed by atoms with E-state index in [1.165, 1.54) is 18.2 Å². The number of anilines is 1. The van der Waals surface area contributed by atoms with Crippen LogP contribution in [0, 0.1) is 23.0 Å². The fourth-order valence-electron chi connectivity index (χ4n) is 1.72. The van der Waals surface area contributed by atoms with E-state index in [9.17, 15) is 8.78 Å². The molecule has 0 aliphatic rings. The van der Waals surface area contributed by atoms with Crippen molar-refractivity contribution >= 4 is 5.69 Å². The number of benzene rings is 2. The summed E-state index contributed by atoms with van der Waals surface area (Å²) in [5, 5.41) is 11.1. The Kier molecular flexibility index (Phi) is 4.51. The zero-order valence-corrected chi connectivity index (χ0v) is 10.6. The Balaban J connectivity index is 2.06. The maximum absolute atomic E-state index is 13.4. The Bertz CT molecular complexity index is 618. The van der Waals surface area contributed by atoms with E-state index in [2.05, 4.69) is 5.32 Å². The predicted molar refractivity (Wildman–Crippen MR) is 71.2 cm³/mol. The summed E-state index contributed by atoms with van der Waals surface area (Å²) in [6, 6.07) is 12.5. The van der Waals surface area contributed by atoms with E-state index in [-0.39, 0.29) is 18.8 Å². The minimum Gasteiger partial charge on any atom is -0.479 e. The molecule has 1 N–H and O–H groups in total. The van der Waals surface area contributed by atoms with Gasteiger partial charge >= 0.3 is 0 Å². The molecule has 0 radical (unpaired) electrons. The van der Waals surface area contributed by atoms with Gasteiger partial charge in [-0.1, -0.05) is 18.2 Å². The van der Waals surface area contributed by atoms with Crippen LogP contribution in [0.15, 0.2) is 42.5 Å². The molecule has 0 heterocycles. The van der Waals surface area contributed by atoms with Gasteiger partial charge in [0.25, 0.3) is 0 Å². The zero-order valence-electron chi connectivity index (χ0n) is 10.6. The van der Waals surface area contributed by atoms with Crippen molar-refractivity contribution in [1.29, 1.82) is 5.26 Å². The first-order valence-corrected chi connectivity index (χ1v) is 5.97. The monoisotopic (exact) mass is 274 g/mol. The molecule has 5 heteroatoms. The summed E-state index contributed by atoms with van der Waals surface area (Å²) in [4.78, 5) is 0. The summed E-state index contributed by atoms with van der Waals surface area (Å²) in [6.45, 7) is 0.209. The van der Waals surface area contributed by atoms with Crippen LogP contribution in [-0.2, 0) is 6.54 Å². The summed E-state index contributed by atoms with van der Waals surface area (Å²) in [5.74, 6) is -0.733. The first kappa shape index (κ1) is 13.8. The molecule has 0 aliphatic heterocycles. The molecule has 102 valence electrons. The van der Waals surface area contributed by atoms with Crippen LogP contribution in [-0.4, -0.2) is 6.61 Å². The van der Waals surface area contributed by atoms with E-state index in [1.807, 2.05) is 6.07 Å². The molecule has 0 saturated heterocycles.